The van der Waals surface area contributed by atoms with Crippen molar-refractivity contribution in [3.8, 4) is 0 Å². The molecule has 0 fully saturated rings. The number of aliphatic hydroxyl groups is 2. The Kier molecular flexibility index (Phi) is 52.7. The zero-order valence-electron chi connectivity index (χ0n) is 47.7. The molecule has 2 atom stereocenters. The minimum absolute atomic E-state index is 0.00507. The van der Waals surface area contributed by atoms with E-state index in [9.17, 15) is 19.8 Å². The second-order valence-electron chi connectivity index (χ2n) is 21.7. The van der Waals surface area contributed by atoms with Crippen LogP contribution in [0.3, 0.4) is 0 Å². The van der Waals surface area contributed by atoms with Gasteiger partial charge in [0.1, 0.15) is 0 Å². The van der Waals surface area contributed by atoms with Crippen molar-refractivity contribution in [1.29, 1.82) is 0 Å². The molecule has 70 heavy (non-hydrogen) atoms. The van der Waals surface area contributed by atoms with Crippen LogP contribution in [0.25, 0.3) is 0 Å². The molecule has 0 heterocycles. The van der Waals surface area contributed by atoms with E-state index >= 15 is 0 Å². The van der Waals surface area contributed by atoms with Crippen molar-refractivity contribution in [3.05, 3.63) is 0 Å². The van der Waals surface area contributed by atoms with E-state index in [2.05, 4.69) is 47.0 Å². The molecular weight excluding hydrogens is 867 g/mol. The molecule has 8 nitrogen and oxygen atoms in total. The van der Waals surface area contributed by atoms with Crippen molar-refractivity contribution < 1.29 is 29.3 Å². The van der Waals surface area contributed by atoms with Crippen LogP contribution >= 0.6 is 0 Å². The van der Waals surface area contributed by atoms with Gasteiger partial charge in [0, 0.05) is 12.8 Å². The average Bonchev–Trinajstić information content (AvgIpc) is 3.36. The van der Waals surface area contributed by atoms with E-state index in [1.807, 2.05) is 4.90 Å². The Hall–Kier alpha value is -1.45. The van der Waals surface area contributed by atoms with Crippen LogP contribution in [0.2, 0.25) is 0 Å². The van der Waals surface area contributed by atoms with Crippen LogP contribution < -0.4 is 0 Å². The first-order chi connectivity index (χ1) is 34.3. The predicted octanol–water partition coefficient (Wildman–Crippen LogP) is 15.8. The first-order valence-corrected chi connectivity index (χ1v) is 31.0. The molecule has 2 N–H and O–H groups in total. The topological polar surface area (TPSA) is 99.5 Å². The van der Waals surface area contributed by atoms with Crippen LogP contribution in [-0.2, 0) is 19.1 Å². The van der Waals surface area contributed by atoms with Gasteiger partial charge in [-0.3, -0.25) is 9.59 Å². The van der Waals surface area contributed by atoms with Crippen LogP contribution in [0.4, 0.5) is 0 Å². The van der Waals surface area contributed by atoms with E-state index in [1.165, 1.54) is 218 Å². The van der Waals surface area contributed by atoms with Crippen molar-refractivity contribution in [2.75, 3.05) is 52.6 Å². The standard InChI is InChI=1S/C61H121BN2O6/c1-6-11-16-19-24-29-37-48-63(49-38-36-45-59(62)64(50-52-65)51-53-66)58(43-32-25-20-22-27-34-46-60(67)69-54-56(39-14-9-4)41-30-17-12-7-2)44-33-26-21-23-28-35-47-61(68)70-55-57(40-15-10-5)42-31-18-13-8-3/h56-58,62,65-66H,6-55H2,1-5H3. The summed E-state index contributed by atoms with van der Waals surface area (Å²) in [5, 5.41) is 19.1. The molecule has 0 aliphatic heterocycles. The fraction of sp³-hybridized carbons (Fsp3) is 0.951. The maximum atomic E-state index is 12.7. The molecule has 0 aromatic carbocycles. The summed E-state index contributed by atoms with van der Waals surface area (Å²) in [6.07, 6.45) is 49.9. The number of carbonyl (C=O) groups is 2. The molecule has 414 valence electrons. The van der Waals surface area contributed by atoms with Gasteiger partial charge < -0.3 is 9.47 Å². The summed E-state index contributed by atoms with van der Waals surface area (Å²) in [5.41, 5.74) is 1.03. The minimum atomic E-state index is 0.00507. The quantitative estimate of drug-likeness (QED) is 0.0353. The van der Waals surface area contributed by atoms with Crippen LogP contribution in [0.1, 0.15) is 304 Å². The molecule has 0 aliphatic rings. The average molecular weight is 989 g/mol. The van der Waals surface area contributed by atoms with E-state index in [4.69, 9.17) is 9.47 Å². The Morgan fingerprint density at radius 3 is 1.11 bits per heavy atom. The zero-order valence-corrected chi connectivity index (χ0v) is 47.7. The third-order valence-electron chi connectivity index (χ3n) is 15.1. The number of aliphatic hydroxyl groups excluding tert-OH is 2. The maximum absolute atomic E-state index is 12.7. The fourth-order valence-corrected chi connectivity index (χ4v) is 10.3. The Morgan fingerprint density at radius 2 is 0.700 bits per heavy atom. The van der Waals surface area contributed by atoms with Gasteiger partial charge in [-0.05, 0) is 50.4 Å². The first-order valence-electron chi connectivity index (χ1n) is 31.0. The second-order valence-corrected chi connectivity index (χ2v) is 21.7. The number of nitrogens with zero attached hydrogens (tertiary/aromatic N) is 2. The molecule has 0 spiro atoms. The molecule has 0 aliphatic carbocycles. The third-order valence-corrected chi connectivity index (χ3v) is 15.1. The number of carbonyl (C=O) groups excluding carboxylic acids is 2. The van der Waals surface area contributed by atoms with Gasteiger partial charge >= 0.3 is 206 Å². The zero-order chi connectivity index (χ0) is 51.4. The molecular formula is C61H121BN2O6. The van der Waals surface area contributed by atoms with Crippen LogP contribution in [0, 0.1) is 11.8 Å². The predicted molar refractivity (Wildman–Crippen MR) is 304 cm³/mol. The van der Waals surface area contributed by atoms with Crippen LogP contribution in [0.15, 0.2) is 0 Å². The van der Waals surface area contributed by atoms with Crippen LogP contribution in [0.5, 0.6) is 0 Å². The summed E-state index contributed by atoms with van der Waals surface area (Å²) >= 11 is 0. The number of ether oxygens (including phenoxy) is 2. The Morgan fingerprint density at radius 1 is 0.386 bits per heavy atom. The molecule has 0 aromatic rings. The monoisotopic (exact) mass is 989 g/mol. The Bertz CT molecular complexity index is 1070. The van der Waals surface area contributed by atoms with Gasteiger partial charge in [-0.15, -0.1) is 0 Å². The van der Waals surface area contributed by atoms with E-state index in [0.29, 0.717) is 57.0 Å². The van der Waals surface area contributed by atoms with Crippen molar-refractivity contribution >= 4 is 25.0 Å². The second kappa shape index (κ2) is 53.8. The van der Waals surface area contributed by atoms with E-state index in [1.54, 1.807) is 0 Å². The summed E-state index contributed by atoms with van der Waals surface area (Å²) in [7, 11) is 4.32. The Labute approximate surface area is 437 Å². The van der Waals surface area contributed by atoms with Gasteiger partial charge in [0.15, 0.2) is 0 Å². The summed E-state index contributed by atoms with van der Waals surface area (Å²) in [4.78, 5) is 30.2. The molecule has 0 amide bonds. The number of hydrogen-bond acceptors (Lipinski definition) is 8. The molecule has 0 aromatic heterocycles. The first kappa shape index (κ1) is 68.6. The summed E-state index contributed by atoms with van der Waals surface area (Å²) in [6.45, 7) is 16.1. The summed E-state index contributed by atoms with van der Waals surface area (Å²) in [6, 6.07) is 0.605. The van der Waals surface area contributed by atoms with Gasteiger partial charge in [-0.2, -0.15) is 0 Å². The van der Waals surface area contributed by atoms with E-state index in [-0.39, 0.29) is 25.2 Å². The van der Waals surface area contributed by atoms with E-state index in [0.717, 1.165) is 57.1 Å². The number of hydrogen-bond donors (Lipinski definition) is 2. The molecule has 0 saturated carbocycles. The van der Waals surface area contributed by atoms with Crippen molar-refractivity contribution in [2.24, 2.45) is 11.8 Å². The number of esters is 2. The van der Waals surface area contributed by atoms with Crippen molar-refractivity contribution in [1.82, 2.24) is 9.80 Å². The van der Waals surface area contributed by atoms with E-state index < -0.39 is 0 Å². The molecule has 0 rings (SSSR count). The van der Waals surface area contributed by atoms with Gasteiger partial charge in [-0.25, -0.2) is 0 Å². The van der Waals surface area contributed by atoms with Gasteiger partial charge in [0.25, 0.3) is 0 Å². The molecule has 0 bridgehead atoms. The molecule has 0 radical (unpaired) electrons. The van der Waals surface area contributed by atoms with Gasteiger partial charge in [-0.1, -0.05) is 137 Å². The van der Waals surface area contributed by atoms with Crippen molar-refractivity contribution in [3.63, 3.8) is 0 Å². The van der Waals surface area contributed by atoms with Gasteiger partial charge in [0.2, 0.25) is 0 Å². The SMILES string of the molecule is B=C(CCCCN(CCCCCCCCC)C(CCCCCCCCC(=O)OCC(CCCC)CCCCCC)CCCCCCCCC(=O)OCC(CCCC)CCCCCC)N(CCO)CCO. The van der Waals surface area contributed by atoms with Crippen LogP contribution in [-0.4, -0.2) is 104 Å². The summed E-state index contributed by atoms with van der Waals surface area (Å²) < 4.78 is 11.6. The number of rotatable bonds is 57. The number of unbranched alkanes of at least 4 members (excludes halogenated alkanes) is 25. The third kappa shape index (κ3) is 44.1. The Balaban J connectivity index is 5.23. The molecule has 0 saturated heterocycles. The normalized spacial score (nSPS) is 12.9. The van der Waals surface area contributed by atoms with Crippen molar-refractivity contribution in [2.45, 2.75) is 310 Å². The molecule has 9 heteroatoms. The van der Waals surface area contributed by atoms with Gasteiger partial charge in [0.05, 0.1) is 13.2 Å². The molecule has 2 unspecified atom stereocenters. The summed E-state index contributed by atoms with van der Waals surface area (Å²) in [5.74, 6) is 1.06. The fourth-order valence-electron chi connectivity index (χ4n) is 10.3.